The van der Waals surface area contributed by atoms with E-state index in [9.17, 15) is 0 Å². The molecule has 3 rings (SSSR count). The molecule has 0 radical (unpaired) electrons. The quantitative estimate of drug-likeness (QED) is 0.796. The Bertz CT molecular complexity index is 748. The second-order valence-electron chi connectivity index (χ2n) is 5.22. The second-order valence-corrected chi connectivity index (χ2v) is 7.49. The predicted octanol–water partition coefficient (Wildman–Crippen LogP) is 3.71. The minimum atomic E-state index is 0.342. The van der Waals surface area contributed by atoms with Crippen LogP contribution in [0.15, 0.2) is 23.6 Å². The standard InChI is InChI=1S/C15H18N4S2/c1-9(7-11-5-4-6-20-11)19(3)13-12-8-10(2)21-14(12)18-15(16)17-13/h4-6,8-9H,7H2,1-3H3,(H2,16,17,18). The smallest absolute Gasteiger partial charge is 0.223 e. The molecule has 0 aliphatic carbocycles. The van der Waals surface area contributed by atoms with Gasteiger partial charge in [-0.1, -0.05) is 6.07 Å². The maximum Gasteiger partial charge on any atom is 0.223 e. The molecule has 0 saturated heterocycles. The molecule has 1 atom stereocenters. The van der Waals surface area contributed by atoms with Crippen LogP contribution >= 0.6 is 22.7 Å². The normalized spacial score (nSPS) is 12.7. The van der Waals surface area contributed by atoms with Crippen molar-refractivity contribution in [3.8, 4) is 0 Å². The molecule has 0 saturated carbocycles. The Kier molecular flexibility index (Phi) is 3.82. The van der Waals surface area contributed by atoms with Crippen molar-refractivity contribution in [2.45, 2.75) is 26.3 Å². The number of nitrogen functional groups attached to an aromatic ring is 1. The SMILES string of the molecule is Cc1cc2c(N(C)C(C)Cc3cccs3)nc(N)nc2s1. The van der Waals surface area contributed by atoms with Crippen LogP contribution in [0.3, 0.4) is 0 Å². The zero-order valence-corrected chi connectivity index (χ0v) is 14.0. The van der Waals surface area contributed by atoms with Gasteiger partial charge >= 0.3 is 0 Å². The van der Waals surface area contributed by atoms with Crippen LogP contribution in [-0.2, 0) is 6.42 Å². The fraction of sp³-hybridized carbons (Fsp3) is 0.333. The van der Waals surface area contributed by atoms with Gasteiger partial charge in [-0.3, -0.25) is 0 Å². The van der Waals surface area contributed by atoms with Crippen molar-refractivity contribution in [1.82, 2.24) is 9.97 Å². The Morgan fingerprint density at radius 3 is 2.90 bits per heavy atom. The van der Waals surface area contributed by atoms with Gasteiger partial charge in [0.25, 0.3) is 0 Å². The van der Waals surface area contributed by atoms with Crippen molar-refractivity contribution < 1.29 is 0 Å². The molecule has 0 amide bonds. The Balaban J connectivity index is 1.94. The number of nitrogens with two attached hydrogens (primary N) is 1. The van der Waals surface area contributed by atoms with Gasteiger partial charge in [0, 0.05) is 29.3 Å². The van der Waals surface area contributed by atoms with E-state index >= 15 is 0 Å². The van der Waals surface area contributed by atoms with E-state index in [2.05, 4.69) is 59.3 Å². The fourth-order valence-electron chi connectivity index (χ4n) is 2.38. The summed E-state index contributed by atoms with van der Waals surface area (Å²) in [5, 5.41) is 3.21. The first-order valence-corrected chi connectivity index (χ1v) is 8.53. The summed E-state index contributed by atoms with van der Waals surface area (Å²) in [6, 6.07) is 6.76. The molecule has 0 aromatic carbocycles. The lowest BCUT2D eigenvalue weighted by Gasteiger charge is -2.26. The third-order valence-electron chi connectivity index (χ3n) is 3.59. The Hall–Kier alpha value is -1.66. The first-order chi connectivity index (χ1) is 10.0. The van der Waals surface area contributed by atoms with Gasteiger partial charge in [0.05, 0.1) is 5.39 Å². The molecule has 4 nitrogen and oxygen atoms in total. The van der Waals surface area contributed by atoms with Gasteiger partial charge in [-0.15, -0.1) is 22.7 Å². The molecule has 2 N–H and O–H groups in total. The Morgan fingerprint density at radius 2 is 2.19 bits per heavy atom. The van der Waals surface area contributed by atoms with Crippen LogP contribution in [0.25, 0.3) is 10.2 Å². The van der Waals surface area contributed by atoms with Crippen molar-refractivity contribution in [3.63, 3.8) is 0 Å². The zero-order chi connectivity index (χ0) is 15.0. The molecule has 0 aliphatic rings. The van der Waals surface area contributed by atoms with E-state index < -0.39 is 0 Å². The van der Waals surface area contributed by atoms with Crippen LogP contribution in [0, 0.1) is 6.92 Å². The minimum Gasteiger partial charge on any atom is -0.368 e. The summed E-state index contributed by atoms with van der Waals surface area (Å²) < 4.78 is 0. The summed E-state index contributed by atoms with van der Waals surface area (Å²) in [5.74, 6) is 1.26. The number of nitrogens with zero attached hydrogens (tertiary/aromatic N) is 3. The van der Waals surface area contributed by atoms with Crippen LogP contribution in [-0.4, -0.2) is 23.1 Å². The molecule has 110 valence electrons. The van der Waals surface area contributed by atoms with Gasteiger partial charge in [-0.05, 0) is 31.4 Å². The third-order valence-corrected chi connectivity index (χ3v) is 5.43. The van der Waals surface area contributed by atoms with Crippen LogP contribution in [0.5, 0.6) is 0 Å². The molecule has 0 spiro atoms. The van der Waals surface area contributed by atoms with Gasteiger partial charge in [0.15, 0.2) is 0 Å². The molecular weight excluding hydrogens is 300 g/mol. The Morgan fingerprint density at radius 1 is 1.38 bits per heavy atom. The lowest BCUT2D eigenvalue weighted by atomic mass is 10.2. The third kappa shape index (κ3) is 2.87. The molecule has 0 bridgehead atoms. The summed E-state index contributed by atoms with van der Waals surface area (Å²) in [4.78, 5) is 14.6. The van der Waals surface area contributed by atoms with Crippen molar-refractivity contribution in [2.75, 3.05) is 17.7 Å². The number of aryl methyl sites for hydroxylation is 1. The van der Waals surface area contributed by atoms with E-state index in [0.29, 0.717) is 12.0 Å². The van der Waals surface area contributed by atoms with Crippen molar-refractivity contribution in [3.05, 3.63) is 33.3 Å². The number of hydrogen-bond acceptors (Lipinski definition) is 6. The number of rotatable bonds is 4. The van der Waals surface area contributed by atoms with Gasteiger partial charge in [-0.25, -0.2) is 4.98 Å². The summed E-state index contributed by atoms with van der Waals surface area (Å²) in [6.07, 6.45) is 1.00. The molecule has 3 heterocycles. The zero-order valence-electron chi connectivity index (χ0n) is 12.3. The highest BCUT2D eigenvalue weighted by Crippen LogP contribution is 2.32. The molecule has 0 aliphatic heterocycles. The second kappa shape index (κ2) is 5.61. The van der Waals surface area contributed by atoms with E-state index in [-0.39, 0.29) is 0 Å². The summed E-state index contributed by atoms with van der Waals surface area (Å²) in [5.41, 5.74) is 5.87. The summed E-state index contributed by atoms with van der Waals surface area (Å²) in [6.45, 7) is 4.30. The highest BCUT2D eigenvalue weighted by molar-refractivity contribution is 7.18. The molecule has 6 heteroatoms. The number of thiophene rings is 2. The number of fused-ring (bicyclic) bond motifs is 1. The lowest BCUT2D eigenvalue weighted by molar-refractivity contribution is 0.683. The molecule has 0 fully saturated rings. The monoisotopic (exact) mass is 318 g/mol. The highest BCUT2D eigenvalue weighted by atomic mass is 32.1. The van der Waals surface area contributed by atoms with Gasteiger partial charge in [0.2, 0.25) is 5.95 Å². The van der Waals surface area contributed by atoms with Gasteiger partial charge in [-0.2, -0.15) is 4.98 Å². The molecule has 3 aromatic heterocycles. The van der Waals surface area contributed by atoms with Gasteiger partial charge < -0.3 is 10.6 Å². The largest absolute Gasteiger partial charge is 0.368 e. The first-order valence-electron chi connectivity index (χ1n) is 6.83. The average Bonchev–Trinajstić information content (AvgIpc) is 3.05. The number of likely N-dealkylation sites (N-methyl/N-ethyl adjacent to an activating group) is 1. The van der Waals surface area contributed by atoms with Crippen LogP contribution < -0.4 is 10.6 Å². The minimum absolute atomic E-state index is 0.342. The highest BCUT2D eigenvalue weighted by Gasteiger charge is 2.18. The number of anilines is 2. The van der Waals surface area contributed by atoms with Gasteiger partial charge in [0.1, 0.15) is 10.6 Å². The van der Waals surface area contributed by atoms with Crippen molar-refractivity contribution >= 4 is 44.7 Å². The van der Waals surface area contributed by atoms with Crippen LogP contribution in [0.1, 0.15) is 16.7 Å². The van der Waals surface area contributed by atoms with Crippen molar-refractivity contribution in [2.24, 2.45) is 0 Å². The van der Waals surface area contributed by atoms with Crippen molar-refractivity contribution in [1.29, 1.82) is 0 Å². The van der Waals surface area contributed by atoms with Crippen LogP contribution in [0.4, 0.5) is 11.8 Å². The fourth-order valence-corrected chi connectivity index (χ4v) is 4.08. The summed E-state index contributed by atoms with van der Waals surface area (Å²) in [7, 11) is 2.08. The number of aromatic nitrogens is 2. The Labute approximate surface area is 132 Å². The maximum atomic E-state index is 5.87. The summed E-state index contributed by atoms with van der Waals surface area (Å²) >= 11 is 3.45. The van der Waals surface area contributed by atoms with E-state index in [0.717, 1.165) is 22.5 Å². The van der Waals surface area contributed by atoms with E-state index in [1.807, 2.05) is 0 Å². The molecular formula is C15H18N4S2. The molecule has 3 aromatic rings. The van der Waals surface area contributed by atoms with Crippen LogP contribution in [0.2, 0.25) is 0 Å². The number of hydrogen-bond donors (Lipinski definition) is 1. The lowest BCUT2D eigenvalue weighted by Crippen LogP contribution is -2.31. The molecule has 21 heavy (non-hydrogen) atoms. The topological polar surface area (TPSA) is 55.0 Å². The average molecular weight is 318 g/mol. The van der Waals surface area contributed by atoms with E-state index in [4.69, 9.17) is 5.73 Å². The van der Waals surface area contributed by atoms with E-state index in [1.54, 1.807) is 22.7 Å². The molecule has 1 unspecified atom stereocenters. The van der Waals surface area contributed by atoms with E-state index in [1.165, 1.54) is 9.75 Å². The maximum absolute atomic E-state index is 5.87. The first kappa shape index (κ1) is 14.3. The predicted molar refractivity (Wildman–Crippen MR) is 92.5 cm³/mol.